The van der Waals surface area contributed by atoms with Crippen LogP contribution in [0.5, 0.6) is 0 Å². The number of rotatable bonds is 3. The molecule has 27 heavy (non-hydrogen) atoms. The van der Waals surface area contributed by atoms with Crippen LogP contribution in [0, 0.1) is 46.9 Å². The van der Waals surface area contributed by atoms with E-state index in [9.17, 15) is 30.8 Å². The Morgan fingerprint density at radius 1 is 0.852 bits per heavy atom. The zero-order valence-corrected chi connectivity index (χ0v) is 14.7. The smallest absolute Gasteiger partial charge is 0.344 e. The van der Waals surface area contributed by atoms with Crippen molar-refractivity contribution in [1.29, 1.82) is 0 Å². The van der Waals surface area contributed by atoms with Crippen LogP contribution >= 0.6 is 0 Å². The highest BCUT2D eigenvalue weighted by atomic mass is 32.2. The quantitative estimate of drug-likeness (QED) is 0.359. The predicted molar refractivity (Wildman–Crippen MR) is 82.3 cm³/mol. The molecule has 0 amide bonds. The van der Waals surface area contributed by atoms with Crippen molar-refractivity contribution in [1.82, 2.24) is 0 Å². The summed E-state index contributed by atoms with van der Waals surface area (Å²) in [7, 11) is -5.57. The Bertz CT molecular complexity index is 873. The van der Waals surface area contributed by atoms with Crippen LogP contribution in [-0.2, 0) is 14.9 Å². The molecule has 1 aromatic rings. The molecule has 0 saturated heterocycles. The van der Waals surface area contributed by atoms with Gasteiger partial charge in [0.1, 0.15) is 11.7 Å². The molecule has 0 aromatic heterocycles. The molecular formula is C17H16F4O5S. The second-order valence-corrected chi connectivity index (χ2v) is 9.09. The standard InChI is InChI=1S/C17H16F4O5S/c18-11-10(12(19)14(21)16(13(11)20)27(23,24)25)17(22)26-15-8-2-6-1-7(4-8)5-9(15)3-6/h6-9,15H,1-5H2,(H,23,24,25). The third-order valence-corrected chi connectivity index (χ3v) is 6.94. The van der Waals surface area contributed by atoms with Gasteiger partial charge in [-0.05, 0) is 55.8 Å². The first kappa shape index (κ1) is 18.7. The normalized spacial score (nSPS) is 32.0. The number of hydrogen-bond acceptors (Lipinski definition) is 4. The average molecular weight is 408 g/mol. The molecule has 0 radical (unpaired) electrons. The molecule has 4 fully saturated rings. The largest absolute Gasteiger partial charge is 0.458 e. The molecule has 0 atom stereocenters. The second-order valence-electron chi connectivity index (χ2n) is 7.74. The molecule has 0 heterocycles. The first-order valence-corrected chi connectivity index (χ1v) is 10.1. The van der Waals surface area contributed by atoms with Crippen LogP contribution in [0.25, 0.3) is 0 Å². The average Bonchev–Trinajstić information content (AvgIpc) is 2.55. The van der Waals surface area contributed by atoms with Gasteiger partial charge in [-0.25, -0.2) is 22.4 Å². The van der Waals surface area contributed by atoms with Crippen molar-refractivity contribution >= 4 is 16.1 Å². The number of hydrogen-bond donors (Lipinski definition) is 1. The molecular weight excluding hydrogens is 392 g/mol. The number of ether oxygens (including phenoxy) is 1. The van der Waals surface area contributed by atoms with Gasteiger partial charge < -0.3 is 4.74 Å². The fourth-order valence-corrected chi connectivity index (χ4v) is 5.90. The molecule has 4 saturated carbocycles. The molecule has 0 unspecified atom stereocenters. The summed E-state index contributed by atoms with van der Waals surface area (Å²) in [5, 5.41) is 0. The van der Waals surface area contributed by atoms with E-state index in [4.69, 9.17) is 9.29 Å². The Balaban J connectivity index is 1.67. The third kappa shape index (κ3) is 2.93. The van der Waals surface area contributed by atoms with E-state index in [2.05, 4.69) is 0 Å². The summed E-state index contributed by atoms with van der Waals surface area (Å²) in [6.07, 6.45) is 3.88. The SMILES string of the molecule is O=C(OC1C2CC3CC(C2)CC1C3)c1c(F)c(F)c(S(=O)(=O)O)c(F)c1F. The van der Waals surface area contributed by atoms with Gasteiger partial charge in [0.2, 0.25) is 0 Å². The Morgan fingerprint density at radius 3 is 1.70 bits per heavy atom. The lowest BCUT2D eigenvalue weighted by molar-refractivity contribution is -0.101. The van der Waals surface area contributed by atoms with Crippen LogP contribution in [0.1, 0.15) is 42.5 Å². The van der Waals surface area contributed by atoms with Crippen LogP contribution in [0.3, 0.4) is 0 Å². The fraction of sp³-hybridized carbons (Fsp3) is 0.588. The molecule has 4 bridgehead atoms. The van der Waals surface area contributed by atoms with Crippen molar-refractivity contribution in [3.63, 3.8) is 0 Å². The zero-order chi connectivity index (χ0) is 19.7. The number of carbonyl (C=O) groups is 1. The van der Waals surface area contributed by atoms with Crippen LogP contribution in [0.2, 0.25) is 0 Å². The number of benzene rings is 1. The van der Waals surface area contributed by atoms with Crippen LogP contribution in [-0.4, -0.2) is 25.0 Å². The molecule has 1 aromatic carbocycles. The summed E-state index contributed by atoms with van der Waals surface area (Å²) in [4.78, 5) is 10.1. The van der Waals surface area contributed by atoms with Crippen LogP contribution in [0.4, 0.5) is 17.6 Å². The number of halogens is 4. The van der Waals surface area contributed by atoms with E-state index >= 15 is 0 Å². The minimum Gasteiger partial charge on any atom is -0.458 e. The van der Waals surface area contributed by atoms with Gasteiger partial charge in [0.15, 0.2) is 28.2 Å². The Labute approximate surface area is 152 Å². The van der Waals surface area contributed by atoms with E-state index in [-0.39, 0.29) is 11.8 Å². The van der Waals surface area contributed by atoms with Crippen molar-refractivity contribution in [3.8, 4) is 0 Å². The molecule has 4 aliphatic rings. The molecule has 4 aliphatic carbocycles. The fourth-order valence-electron chi connectivity index (χ4n) is 5.27. The van der Waals surface area contributed by atoms with Gasteiger partial charge in [0.25, 0.3) is 0 Å². The predicted octanol–water partition coefficient (Wildman–Crippen LogP) is 3.47. The van der Waals surface area contributed by atoms with Crippen molar-refractivity contribution in [2.24, 2.45) is 23.7 Å². The molecule has 148 valence electrons. The van der Waals surface area contributed by atoms with E-state index < -0.39 is 55.9 Å². The van der Waals surface area contributed by atoms with E-state index in [1.54, 1.807) is 0 Å². The van der Waals surface area contributed by atoms with Gasteiger partial charge in [0, 0.05) is 0 Å². The second kappa shape index (κ2) is 6.16. The van der Waals surface area contributed by atoms with Gasteiger partial charge in [-0.15, -0.1) is 0 Å². The van der Waals surface area contributed by atoms with Crippen LogP contribution in [0.15, 0.2) is 4.90 Å². The van der Waals surface area contributed by atoms with E-state index in [0.717, 1.165) is 32.1 Å². The molecule has 1 N–H and O–H groups in total. The minimum absolute atomic E-state index is 0.0445. The molecule has 5 rings (SSSR count). The summed E-state index contributed by atoms with van der Waals surface area (Å²) in [6.45, 7) is 0. The van der Waals surface area contributed by atoms with Gasteiger partial charge in [-0.2, -0.15) is 8.42 Å². The van der Waals surface area contributed by atoms with Gasteiger partial charge in [-0.1, -0.05) is 0 Å². The van der Waals surface area contributed by atoms with E-state index in [1.165, 1.54) is 0 Å². The van der Waals surface area contributed by atoms with Crippen molar-refractivity contribution in [3.05, 3.63) is 28.8 Å². The zero-order valence-electron chi connectivity index (χ0n) is 13.9. The highest BCUT2D eigenvalue weighted by Crippen LogP contribution is 2.54. The topological polar surface area (TPSA) is 80.7 Å². The maximum Gasteiger partial charge on any atom is 0.344 e. The van der Waals surface area contributed by atoms with Crippen molar-refractivity contribution < 1.29 is 40.1 Å². The lowest BCUT2D eigenvalue weighted by Gasteiger charge is -2.53. The Hall–Kier alpha value is -1.68. The highest BCUT2D eigenvalue weighted by Gasteiger charge is 2.50. The van der Waals surface area contributed by atoms with E-state index in [1.807, 2.05) is 0 Å². The summed E-state index contributed by atoms with van der Waals surface area (Å²) in [6, 6.07) is 0. The Morgan fingerprint density at radius 2 is 1.30 bits per heavy atom. The van der Waals surface area contributed by atoms with Gasteiger partial charge in [-0.3, -0.25) is 4.55 Å². The molecule has 0 spiro atoms. The first-order chi connectivity index (χ1) is 12.6. The lowest BCUT2D eigenvalue weighted by Crippen LogP contribution is -2.50. The molecule has 0 aliphatic heterocycles. The van der Waals surface area contributed by atoms with Crippen molar-refractivity contribution in [2.45, 2.75) is 43.1 Å². The minimum atomic E-state index is -5.57. The summed E-state index contributed by atoms with van der Waals surface area (Å²) in [5.74, 6) is -9.57. The summed E-state index contributed by atoms with van der Waals surface area (Å²) >= 11 is 0. The van der Waals surface area contributed by atoms with Crippen LogP contribution < -0.4 is 0 Å². The molecule has 10 heteroatoms. The van der Waals surface area contributed by atoms with Gasteiger partial charge in [0.05, 0.1) is 0 Å². The lowest BCUT2D eigenvalue weighted by atomic mass is 9.55. The molecule has 5 nitrogen and oxygen atoms in total. The maximum absolute atomic E-state index is 14.1. The van der Waals surface area contributed by atoms with Gasteiger partial charge >= 0.3 is 16.1 Å². The number of carbonyl (C=O) groups excluding carboxylic acids is 1. The summed E-state index contributed by atoms with van der Waals surface area (Å²) < 4.78 is 92.0. The highest BCUT2D eigenvalue weighted by molar-refractivity contribution is 7.85. The maximum atomic E-state index is 14.1. The first-order valence-electron chi connectivity index (χ1n) is 8.62. The monoisotopic (exact) mass is 408 g/mol. The Kier molecular flexibility index (Phi) is 4.26. The van der Waals surface area contributed by atoms with E-state index in [0.29, 0.717) is 11.8 Å². The van der Waals surface area contributed by atoms with Crippen molar-refractivity contribution in [2.75, 3.05) is 0 Å². The third-order valence-electron chi connectivity index (χ3n) is 6.07. The summed E-state index contributed by atoms with van der Waals surface area (Å²) in [5.41, 5.74) is -1.63. The number of esters is 1.